The molecule has 2 amide bonds. The van der Waals surface area contributed by atoms with Gasteiger partial charge in [0.25, 0.3) is 5.91 Å². The van der Waals surface area contributed by atoms with E-state index >= 15 is 0 Å². The molecule has 1 aliphatic heterocycles. The van der Waals surface area contributed by atoms with Crippen molar-refractivity contribution in [3.05, 3.63) is 29.6 Å². The van der Waals surface area contributed by atoms with Crippen molar-refractivity contribution in [2.75, 3.05) is 25.1 Å². The molecule has 1 unspecified atom stereocenters. The predicted molar refractivity (Wildman–Crippen MR) is 74.0 cm³/mol. The number of carboxylic acids is 1. The van der Waals surface area contributed by atoms with Crippen molar-refractivity contribution in [3.63, 3.8) is 0 Å². The molecule has 118 valence electrons. The second-order valence-corrected chi connectivity index (χ2v) is 4.80. The van der Waals surface area contributed by atoms with E-state index in [1.54, 1.807) is 0 Å². The summed E-state index contributed by atoms with van der Waals surface area (Å²) in [5, 5.41) is 11.6. The van der Waals surface area contributed by atoms with Gasteiger partial charge in [0.2, 0.25) is 5.91 Å². The Morgan fingerprint density at radius 2 is 2.14 bits per heavy atom. The molecule has 1 saturated heterocycles. The number of ether oxygens (including phenoxy) is 1. The van der Waals surface area contributed by atoms with E-state index in [-0.39, 0.29) is 36.9 Å². The van der Waals surface area contributed by atoms with E-state index in [1.807, 2.05) is 0 Å². The fraction of sp³-hybridized carbons (Fsp3) is 0.357. The first-order chi connectivity index (χ1) is 10.4. The number of hydrogen-bond donors (Lipinski definition) is 2. The van der Waals surface area contributed by atoms with Gasteiger partial charge in [-0.3, -0.25) is 9.59 Å². The number of morpholine rings is 1. The lowest BCUT2D eigenvalue weighted by atomic mass is 10.1. The second kappa shape index (κ2) is 6.52. The molecule has 0 aromatic heterocycles. The monoisotopic (exact) mass is 310 g/mol. The van der Waals surface area contributed by atoms with Crippen LogP contribution in [0.5, 0.6) is 0 Å². The SMILES string of the molecule is CC(=O)Nc1ccc(F)c(C(=O)N2CCOCC2C(=O)O)c1. The number of nitrogens with zero attached hydrogens (tertiary/aromatic N) is 1. The summed E-state index contributed by atoms with van der Waals surface area (Å²) in [6, 6.07) is 2.40. The zero-order valence-corrected chi connectivity index (χ0v) is 11.8. The summed E-state index contributed by atoms with van der Waals surface area (Å²) in [5.74, 6) is -3.11. The molecule has 0 radical (unpaired) electrons. The minimum atomic E-state index is -1.22. The first-order valence-electron chi connectivity index (χ1n) is 6.59. The van der Waals surface area contributed by atoms with E-state index in [0.717, 1.165) is 11.0 Å². The standard InChI is InChI=1S/C14H15FN2O5/c1-8(18)16-9-2-3-11(15)10(6-9)13(19)17-4-5-22-7-12(17)14(20)21/h2-3,6,12H,4-5,7H2,1H3,(H,16,18)(H,20,21). The van der Waals surface area contributed by atoms with Gasteiger partial charge in [0.05, 0.1) is 18.8 Å². The van der Waals surface area contributed by atoms with Crippen LogP contribution in [0.3, 0.4) is 0 Å². The molecule has 1 atom stereocenters. The Bertz CT molecular complexity index is 619. The smallest absolute Gasteiger partial charge is 0.328 e. The van der Waals surface area contributed by atoms with Gasteiger partial charge in [-0.1, -0.05) is 0 Å². The summed E-state index contributed by atoms with van der Waals surface area (Å²) in [7, 11) is 0. The van der Waals surface area contributed by atoms with E-state index in [9.17, 15) is 18.8 Å². The van der Waals surface area contributed by atoms with Gasteiger partial charge in [0, 0.05) is 19.2 Å². The van der Waals surface area contributed by atoms with Crippen molar-refractivity contribution in [3.8, 4) is 0 Å². The van der Waals surface area contributed by atoms with Crippen LogP contribution in [0.25, 0.3) is 0 Å². The number of aliphatic carboxylic acids is 1. The number of nitrogens with one attached hydrogen (secondary N) is 1. The van der Waals surface area contributed by atoms with Crippen LogP contribution in [0.15, 0.2) is 18.2 Å². The quantitative estimate of drug-likeness (QED) is 0.857. The van der Waals surface area contributed by atoms with Gasteiger partial charge < -0.3 is 20.1 Å². The molecular formula is C14H15FN2O5. The average Bonchev–Trinajstić information content (AvgIpc) is 2.48. The number of carbonyl (C=O) groups excluding carboxylic acids is 2. The average molecular weight is 310 g/mol. The lowest BCUT2D eigenvalue weighted by molar-refractivity contribution is -0.147. The fourth-order valence-electron chi connectivity index (χ4n) is 2.18. The topological polar surface area (TPSA) is 95.9 Å². The number of benzene rings is 1. The number of anilines is 1. The maximum atomic E-state index is 13.9. The minimum Gasteiger partial charge on any atom is -0.480 e. The zero-order chi connectivity index (χ0) is 16.3. The third-order valence-corrected chi connectivity index (χ3v) is 3.19. The molecule has 1 fully saturated rings. The molecule has 8 heteroatoms. The molecule has 0 aliphatic carbocycles. The summed E-state index contributed by atoms with van der Waals surface area (Å²) >= 11 is 0. The van der Waals surface area contributed by atoms with Gasteiger partial charge in [-0.15, -0.1) is 0 Å². The lowest BCUT2D eigenvalue weighted by Gasteiger charge is -2.33. The first kappa shape index (κ1) is 15.9. The van der Waals surface area contributed by atoms with Crippen molar-refractivity contribution >= 4 is 23.5 Å². The molecule has 7 nitrogen and oxygen atoms in total. The third kappa shape index (κ3) is 3.40. The highest BCUT2D eigenvalue weighted by Crippen LogP contribution is 2.19. The molecule has 0 saturated carbocycles. The van der Waals surface area contributed by atoms with E-state index in [0.29, 0.717) is 0 Å². The largest absolute Gasteiger partial charge is 0.480 e. The van der Waals surface area contributed by atoms with Crippen molar-refractivity contribution in [1.82, 2.24) is 4.90 Å². The molecule has 0 bridgehead atoms. The Labute approximate surface area is 125 Å². The minimum absolute atomic E-state index is 0.0552. The third-order valence-electron chi connectivity index (χ3n) is 3.19. The maximum Gasteiger partial charge on any atom is 0.328 e. The Hall–Kier alpha value is -2.48. The molecule has 22 heavy (non-hydrogen) atoms. The lowest BCUT2D eigenvalue weighted by Crippen LogP contribution is -2.52. The van der Waals surface area contributed by atoms with Crippen LogP contribution < -0.4 is 5.32 Å². The molecule has 2 N–H and O–H groups in total. The number of rotatable bonds is 3. The van der Waals surface area contributed by atoms with E-state index in [4.69, 9.17) is 9.84 Å². The summed E-state index contributed by atoms with van der Waals surface area (Å²) in [5.41, 5.74) is -0.0308. The molecule has 1 aromatic carbocycles. The Morgan fingerprint density at radius 3 is 2.77 bits per heavy atom. The summed E-state index contributed by atoms with van der Waals surface area (Å²) in [6.07, 6.45) is 0. The van der Waals surface area contributed by atoms with E-state index in [2.05, 4.69) is 5.32 Å². The molecular weight excluding hydrogens is 295 g/mol. The number of carbonyl (C=O) groups is 3. The van der Waals surface area contributed by atoms with Gasteiger partial charge in [0.15, 0.2) is 6.04 Å². The number of carboxylic acid groups (broad SMARTS) is 1. The Morgan fingerprint density at radius 1 is 1.41 bits per heavy atom. The fourth-order valence-corrected chi connectivity index (χ4v) is 2.18. The first-order valence-corrected chi connectivity index (χ1v) is 6.59. The zero-order valence-electron chi connectivity index (χ0n) is 11.8. The van der Waals surface area contributed by atoms with Crippen molar-refractivity contribution in [2.24, 2.45) is 0 Å². The van der Waals surface area contributed by atoms with Crippen LogP contribution >= 0.6 is 0 Å². The molecule has 1 aromatic rings. The van der Waals surface area contributed by atoms with Crippen molar-refractivity contribution in [2.45, 2.75) is 13.0 Å². The van der Waals surface area contributed by atoms with Gasteiger partial charge >= 0.3 is 5.97 Å². The molecule has 2 rings (SSSR count). The van der Waals surface area contributed by atoms with Crippen molar-refractivity contribution in [1.29, 1.82) is 0 Å². The van der Waals surface area contributed by atoms with Crippen LogP contribution in [0.1, 0.15) is 17.3 Å². The molecule has 1 heterocycles. The Kier molecular flexibility index (Phi) is 4.71. The van der Waals surface area contributed by atoms with Crippen LogP contribution in [0.4, 0.5) is 10.1 Å². The van der Waals surface area contributed by atoms with Crippen molar-refractivity contribution < 1.29 is 28.6 Å². The maximum absolute atomic E-state index is 13.9. The summed E-state index contributed by atoms with van der Waals surface area (Å²) in [4.78, 5) is 35.7. The predicted octanol–water partition coefficient (Wildman–Crippen LogP) is 0.710. The Balaban J connectivity index is 2.31. The van der Waals surface area contributed by atoms with Crippen LogP contribution in [0.2, 0.25) is 0 Å². The van der Waals surface area contributed by atoms with Gasteiger partial charge in [0.1, 0.15) is 5.82 Å². The van der Waals surface area contributed by atoms with Gasteiger partial charge in [-0.2, -0.15) is 0 Å². The summed E-state index contributed by atoms with van der Waals surface area (Å²) in [6.45, 7) is 1.38. The number of hydrogen-bond acceptors (Lipinski definition) is 4. The molecule has 1 aliphatic rings. The van der Waals surface area contributed by atoms with Gasteiger partial charge in [-0.25, -0.2) is 9.18 Å². The highest BCUT2D eigenvalue weighted by atomic mass is 19.1. The van der Waals surface area contributed by atoms with E-state index in [1.165, 1.54) is 19.1 Å². The van der Waals surface area contributed by atoms with Crippen LogP contribution in [-0.2, 0) is 14.3 Å². The van der Waals surface area contributed by atoms with E-state index < -0.39 is 23.7 Å². The molecule has 0 spiro atoms. The van der Waals surface area contributed by atoms with Gasteiger partial charge in [-0.05, 0) is 18.2 Å². The summed E-state index contributed by atoms with van der Waals surface area (Å²) < 4.78 is 18.9. The second-order valence-electron chi connectivity index (χ2n) is 4.80. The normalized spacial score (nSPS) is 17.9. The highest BCUT2D eigenvalue weighted by Gasteiger charge is 2.34. The van der Waals surface area contributed by atoms with Crippen LogP contribution in [0, 0.1) is 5.82 Å². The highest BCUT2D eigenvalue weighted by molar-refractivity contribution is 5.99. The van der Waals surface area contributed by atoms with Crippen LogP contribution in [-0.4, -0.2) is 53.6 Å². The number of halogens is 1. The number of amides is 2.